The van der Waals surface area contributed by atoms with Crippen molar-refractivity contribution in [1.29, 1.82) is 0 Å². The van der Waals surface area contributed by atoms with Crippen LogP contribution in [0.1, 0.15) is 22.5 Å². The normalized spacial score (nSPS) is 10.9. The summed E-state index contributed by atoms with van der Waals surface area (Å²) in [5.74, 6) is 0.772. The van der Waals surface area contributed by atoms with Gasteiger partial charge in [-0.2, -0.15) is 0 Å². The van der Waals surface area contributed by atoms with E-state index in [2.05, 4.69) is 20.8 Å². The Bertz CT molecular complexity index is 307. The first kappa shape index (κ1) is 11.5. The molecule has 1 aromatic heterocycles. The zero-order valence-electron chi connectivity index (χ0n) is 8.42. The minimum absolute atomic E-state index is 0.624. The highest BCUT2D eigenvalue weighted by molar-refractivity contribution is 9.10. The van der Waals surface area contributed by atoms with Crippen molar-refractivity contribution < 1.29 is 9.21 Å². The lowest BCUT2D eigenvalue weighted by molar-refractivity contribution is 0.112. The molecule has 0 unspecified atom stereocenters. The van der Waals surface area contributed by atoms with E-state index < -0.39 is 0 Å². The number of carbonyl (C=O) groups is 1. The van der Waals surface area contributed by atoms with Crippen LogP contribution in [0.25, 0.3) is 0 Å². The number of rotatable bonds is 5. The summed E-state index contributed by atoms with van der Waals surface area (Å²) in [6.07, 6.45) is 2.63. The van der Waals surface area contributed by atoms with Crippen LogP contribution in [0.15, 0.2) is 15.2 Å². The first-order chi connectivity index (χ1) is 6.63. The molecule has 0 aliphatic rings. The highest BCUT2D eigenvalue weighted by atomic mass is 79.9. The fraction of sp³-hybridized carbons (Fsp3) is 0.500. The van der Waals surface area contributed by atoms with Crippen LogP contribution in [-0.2, 0) is 6.42 Å². The number of aryl methyl sites for hydroxylation is 1. The van der Waals surface area contributed by atoms with Gasteiger partial charge in [0.2, 0.25) is 0 Å². The molecule has 1 aromatic rings. The standard InChI is InChI=1S/C10H14BrNO2/c1-12(2)5-3-4-9-8(7-13)6-10(11)14-9/h6-7H,3-5H2,1-2H3. The Kier molecular flexibility index (Phi) is 4.35. The quantitative estimate of drug-likeness (QED) is 0.762. The second kappa shape index (κ2) is 5.32. The molecule has 78 valence electrons. The van der Waals surface area contributed by atoms with Crippen molar-refractivity contribution in [1.82, 2.24) is 4.90 Å². The molecule has 0 radical (unpaired) electrons. The third-order valence-electron chi connectivity index (χ3n) is 1.95. The van der Waals surface area contributed by atoms with E-state index in [9.17, 15) is 4.79 Å². The second-order valence-corrected chi connectivity index (χ2v) is 4.24. The van der Waals surface area contributed by atoms with E-state index in [1.54, 1.807) is 6.07 Å². The number of aldehydes is 1. The molecular formula is C10H14BrNO2. The molecule has 14 heavy (non-hydrogen) atoms. The number of hydrogen-bond acceptors (Lipinski definition) is 3. The maximum absolute atomic E-state index is 10.6. The monoisotopic (exact) mass is 259 g/mol. The summed E-state index contributed by atoms with van der Waals surface area (Å²) < 4.78 is 5.98. The minimum atomic E-state index is 0.624. The first-order valence-corrected chi connectivity index (χ1v) is 5.31. The SMILES string of the molecule is CN(C)CCCc1oc(Br)cc1C=O. The summed E-state index contributed by atoms with van der Waals surface area (Å²) in [6, 6.07) is 1.71. The van der Waals surface area contributed by atoms with E-state index in [4.69, 9.17) is 4.42 Å². The number of nitrogens with zero attached hydrogens (tertiary/aromatic N) is 1. The number of furan rings is 1. The predicted octanol–water partition coefficient (Wildman–Crippen LogP) is 2.35. The van der Waals surface area contributed by atoms with Gasteiger partial charge in [-0.05, 0) is 43.0 Å². The molecule has 0 aromatic carbocycles. The Hall–Kier alpha value is -0.610. The fourth-order valence-corrected chi connectivity index (χ4v) is 1.70. The van der Waals surface area contributed by atoms with E-state index in [1.165, 1.54) is 0 Å². The molecule has 4 heteroatoms. The van der Waals surface area contributed by atoms with E-state index >= 15 is 0 Å². The summed E-state index contributed by atoms with van der Waals surface area (Å²) in [5, 5.41) is 0. The van der Waals surface area contributed by atoms with Crippen molar-refractivity contribution in [3.63, 3.8) is 0 Å². The lowest BCUT2D eigenvalue weighted by atomic mass is 10.2. The van der Waals surface area contributed by atoms with Gasteiger partial charge in [-0.1, -0.05) is 0 Å². The predicted molar refractivity (Wildman–Crippen MR) is 58.7 cm³/mol. The summed E-state index contributed by atoms with van der Waals surface area (Å²) >= 11 is 3.21. The van der Waals surface area contributed by atoms with Crippen LogP contribution in [0.3, 0.4) is 0 Å². The third kappa shape index (κ3) is 3.27. The van der Waals surface area contributed by atoms with Crippen LogP contribution >= 0.6 is 15.9 Å². The Morgan fingerprint density at radius 1 is 1.57 bits per heavy atom. The molecule has 0 atom stereocenters. The Morgan fingerprint density at radius 3 is 2.86 bits per heavy atom. The summed E-state index contributed by atoms with van der Waals surface area (Å²) in [5.41, 5.74) is 0.649. The van der Waals surface area contributed by atoms with Gasteiger partial charge < -0.3 is 9.32 Å². The van der Waals surface area contributed by atoms with Gasteiger partial charge in [0.15, 0.2) is 11.0 Å². The number of carbonyl (C=O) groups excluding carboxylic acids is 1. The minimum Gasteiger partial charge on any atom is -0.454 e. The number of hydrogen-bond donors (Lipinski definition) is 0. The van der Waals surface area contributed by atoms with Gasteiger partial charge in [0.05, 0.1) is 5.56 Å². The highest BCUT2D eigenvalue weighted by Gasteiger charge is 2.08. The van der Waals surface area contributed by atoms with Crippen molar-refractivity contribution in [2.75, 3.05) is 20.6 Å². The molecular weight excluding hydrogens is 246 g/mol. The van der Waals surface area contributed by atoms with Crippen LogP contribution in [0.2, 0.25) is 0 Å². The molecule has 1 heterocycles. The summed E-state index contributed by atoms with van der Waals surface area (Å²) in [4.78, 5) is 12.8. The molecule has 0 fully saturated rings. The number of halogens is 1. The fourth-order valence-electron chi connectivity index (χ4n) is 1.26. The van der Waals surface area contributed by atoms with Gasteiger partial charge >= 0.3 is 0 Å². The van der Waals surface area contributed by atoms with E-state index in [-0.39, 0.29) is 0 Å². The lowest BCUT2D eigenvalue weighted by Gasteiger charge is -2.07. The molecule has 0 aliphatic carbocycles. The first-order valence-electron chi connectivity index (χ1n) is 4.51. The smallest absolute Gasteiger partial charge is 0.170 e. The van der Waals surface area contributed by atoms with Gasteiger partial charge in [-0.25, -0.2) is 0 Å². The van der Waals surface area contributed by atoms with Crippen LogP contribution < -0.4 is 0 Å². The molecule has 0 spiro atoms. The second-order valence-electron chi connectivity index (χ2n) is 3.45. The molecule has 0 saturated carbocycles. The Balaban J connectivity index is 2.53. The summed E-state index contributed by atoms with van der Waals surface area (Å²) in [6.45, 7) is 0.997. The van der Waals surface area contributed by atoms with Gasteiger partial charge in [0, 0.05) is 12.5 Å². The lowest BCUT2D eigenvalue weighted by Crippen LogP contribution is -2.13. The maximum Gasteiger partial charge on any atom is 0.170 e. The van der Waals surface area contributed by atoms with E-state index in [1.807, 2.05) is 14.1 Å². The van der Waals surface area contributed by atoms with Gasteiger partial charge in [-0.15, -0.1) is 0 Å². The molecule has 3 nitrogen and oxygen atoms in total. The third-order valence-corrected chi connectivity index (χ3v) is 2.34. The van der Waals surface area contributed by atoms with Crippen molar-refractivity contribution in [3.8, 4) is 0 Å². The zero-order chi connectivity index (χ0) is 10.6. The molecule has 0 saturated heterocycles. The van der Waals surface area contributed by atoms with Crippen molar-refractivity contribution in [2.45, 2.75) is 12.8 Å². The van der Waals surface area contributed by atoms with E-state index in [0.717, 1.165) is 31.4 Å². The van der Waals surface area contributed by atoms with Crippen LogP contribution in [0, 0.1) is 0 Å². The average molecular weight is 260 g/mol. The van der Waals surface area contributed by atoms with Crippen molar-refractivity contribution in [2.24, 2.45) is 0 Å². The van der Waals surface area contributed by atoms with Gasteiger partial charge in [-0.3, -0.25) is 4.79 Å². The van der Waals surface area contributed by atoms with Crippen LogP contribution in [0.4, 0.5) is 0 Å². The Labute approximate surface area is 92.2 Å². The van der Waals surface area contributed by atoms with Crippen molar-refractivity contribution in [3.05, 3.63) is 22.1 Å². The van der Waals surface area contributed by atoms with Gasteiger partial charge in [0.25, 0.3) is 0 Å². The molecule has 0 aliphatic heterocycles. The maximum atomic E-state index is 10.6. The van der Waals surface area contributed by atoms with Crippen LogP contribution in [-0.4, -0.2) is 31.8 Å². The Morgan fingerprint density at radius 2 is 2.29 bits per heavy atom. The van der Waals surface area contributed by atoms with E-state index in [0.29, 0.717) is 10.2 Å². The van der Waals surface area contributed by atoms with Crippen molar-refractivity contribution >= 4 is 22.2 Å². The molecule has 0 amide bonds. The van der Waals surface area contributed by atoms with Crippen LogP contribution in [0.5, 0.6) is 0 Å². The average Bonchev–Trinajstić information content (AvgIpc) is 2.45. The largest absolute Gasteiger partial charge is 0.454 e. The topological polar surface area (TPSA) is 33.5 Å². The summed E-state index contributed by atoms with van der Waals surface area (Å²) in [7, 11) is 4.05. The van der Waals surface area contributed by atoms with Gasteiger partial charge in [0.1, 0.15) is 5.76 Å². The molecule has 0 N–H and O–H groups in total. The molecule has 0 bridgehead atoms. The molecule has 1 rings (SSSR count). The zero-order valence-corrected chi connectivity index (χ0v) is 10.0. The highest BCUT2D eigenvalue weighted by Crippen LogP contribution is 2.20.